The number of nitrogens with zero attached hydrogens (tertiary/aromatic N) is 2. The number of ether oxygens (including phenoxy) is 1. The lowest BCUT2D eigenvalue weighted by atomic mass is 10.3. The number of benzene rings is 1. The minimum atomic E-state index is -1.16. The zero-order chi connectivity index (χ0) is 14.5. The minimum absolute atomic E-state index is 0.0689. The van der Waals surface area contributed by atoms with Gasteiger partial charge in [-0.05, 0) is 12.1 Å². The summed E-state index contributed by atoms with van der Waals surface area (Å²) in [6, 6.07) is 8.86. The second-order valence-electron chi connectivity index (χ2n) is 3.99. The number of amides is 1. The molecule has 7 heteroatoms. The Morgan fingerprint density at radius 2 is 2.05 bits per heavy atom. The third-order valence-electron chi connectivity index (χ3n) is 2.54. The van der Waals surface area contributed by atoms with Gasteiger partial charge in [-0.3, -0.25) is 9.48 Å². The van der Waals surface area contributed by atoms with Crippen LogP contribution < -0.4 is 10.1 Å². The van der Waals surface area contributed by atoms with Gasteiger partial charge in [-0.25, -0.2) is 4.79 Å². The predicted molar refractivity (Wildman–Crippen MR) is 70.7 cm³/mol. The first kappa shape index (κ1) is 13.6. The van der Waals surface area contributed by atoms with Crippen molar-refractivity contribution in [2.45, 2.75) is 0 Å². The monoisotopic (exact) mass is 275 g/mol. The van der Waals surface area contributed by atoms with Crippen LogP contribution in [0.4, 0.5) is 5.82 Å². The van der Waals surface area contributed by atoms with Gasteiger partial charge in [0.25, 0.3) is 5.91 Å². The summed E-state index contributed by atoms with van der Waals surface area (Å²) in [5.74, 6) is -0.928. The third kappa shape index (κ3) is 3.14. The van der Waals surface area contributed by atoms with Crippen LogP contribution in [0.25, 0.3) is 0 Å². The zero-order valence-electron chi connectivity index (χ0n) is 10.7. The van der Waals surface area contributed by atoms with E-state index in [-0.39, 0.29) is 18.0 Å². The highest BCUT2D eigenvalue weighted by molar-refractivity contribution is 5.99. The first-order valence-corrected chi connectivity index (χ1v) is 5.81. The van der Waals surface area contributed by atoms with Crippen molar-refractivity contribution in [3.8, 4) is 5.75 Å². The van der Waals surface area contributed by atoms with E-state index in [4.69, 9.17) is 9.84 Å². The lowest BCUT2D eigenvalue weighted by Crippen LogP contribution is -2.22. The number of para-hydroxylation sites is 1. The van der Waals surface area contributed by atoms with Gasteiger partial charge in [0.2, 0.25) is 0 Å². The van der Waals surface area contributed by atoms with Gasteiger partial charge in [-0.2, -0.15) is 5.10 Å². The average Bonchev–Trinajstić information content (AvgIpc) is 2.79. The van der Waals surface area contributed by atoms with Crippen LogP contribution in [0, 0.1) is 0 Å². The van der Waals surface area contributed by atoms with Crippen molar-refractivity contribution in [3.05, 3.63) is 42.1 Å². The number of anilines is 1. The molecule has 0 spiro atoms. The molecule has 0 fully saturated rings. The molecule has 1 aromatic heterocycles. The smallest absolute Gasteiger partial charge is 0.341 e. The van der Waals surface area contributed by atoms with Crippen LogP contribution in [-0.4, -0.2) is 33.4 Å². The van der Waals surface area contributed by atoms with Gasteiger partial charge in [0, 0.05) is 7.05 Å². The molecule has 1 amide bonds. The molecule has 0 unspecified atom stereocenters. The number of hydrogen-bond acceptors (Lipinski definition) is 4. The molecule has 20 heavy (non-hydrogen) atoms. The zero-order valence-corrected chi connectivity index (χ0v) is 10.7. The maximum atomic E-state index is 11.7. The van der Waals surface area contributed by atoms with Crippen LogP contribution in [0.5, 0.6) is 5.75 Å². The molecule has 2 rings (SSSR count). The number of rotatable bonds is 5. The summed E-state index contributed by atoms with van der Waals surface area (Å²) in [5.41, 5.74) is -0.0689. The maximum absolute atomic E-state index is 11.7. The van der Waals surface area contributed by atoms with Crippen molar-refractivity contribution in [2.24, 2.45) is 7.05 Å². The SMILES string of the molecule is Cn1ncc(C(=O)O)c1NC(=O)COc1ccccc1. The third-order valence-corrected chi connectivity index (χ3v) is 2.54. The fraction of sp³-hybridized carbons (Fsp3) is 0.154. The molecule has 0 aliphatic heterocycles. The fourth-order valence-corrected chi connectivity index (χ4v) is 1.58. The van der Waals surface area contributed by atoms with Crippen molar-refractivity contribution in [1.82, 2.24) is 9.78 Å². The number of carboxylic acids is 1. The number of aromatic nitrogens is 2. The van der Waals surface area contributed by atoms with E-state index >= 15 is 0 Å². The van der Waals surface area contributed by atoms with Crippen molar-refractivity contribution in [2.75, 3.05) is 11.9 Å². The molecular weight excluding hydrogens is 262 g/mol. The quantitative estimate of drug-likeness (QED) is 0.853. The second kappa shape index (κ2) is 5.87. The van der Waals surface area contributed by atoms with E-state index in [0.29, 0.717) is 5.75 Å². The fourth-order valence-electron chi connectivity index (χ4n) is 1.58. The van der Waals surface area contributed by atoms with Crippen LogP contribution in [-0.2, 0) is 11.8 Å². The number of hydrogen-bond donors (Lipinski definition) is 2. The summed E-state index contributed by atoms with van der Waals surface area (Å²) >= 11 is 0. The first-order valence-electron chi connectivity index (χ1n) is 5.81. The summed E-state index contributed by atoms with van der Waals surface area (Å²) in [5, 5.41) is 15.2. The van der Waals surface area contributed by atoms with E-state index in [2.05, 4.69) is 10.4 Å². The van der Waals surface area contributed by atoms with Gasteiger partial charge in [0.05, 0.1) is 6.20 Å². The van der Waals surface area contributed by atoms with Crippen LogP contribution >= 0.6 is 0 Å². The summed E-state index contributed by atoms with van der Waals surface area (Å²) in [6.07, 6.45) is 1.18. The van der Waals surface area contributed by atoms with Gasteiger partial charge in [0.1, 0.15) is 17.1 Å². The molecule has 1 aromatic carbocycles. The van der Waals surface area contributed by atoms with Crippen molar-refractivity contribution in [3.63, 3.8) is 0 Å². The van der Waals surface area contributed by atoms with E-state index in [1.807, 2.05) is 6.07 Å². The molecule has 0 radical (unpaired) electrons. The van der Waals surface area contributed by atoms with Crippen molar-refractivity contribution >= 4 is 17.7 Å². The molecule has 0 aliphatic carbocycles. The van der Waals surface area contributed by atoms with Crippen molar-refractivity contribution in [1.29, 1.82) is 0 Å². The first-order chi connectivity index (χ1) is 9.58. The van der Waals surface area contributed by atoms with Gasteiger partial charge in [-0.15, -0.1) is 0 Å². The van der Waals surface area contributed by atoms with Crippen LogP contribution in [0.3, 0.4) is 0 Å². The summed E-state index contributed by atoms with van der Waals surface area (Å²) in [6.45, 7) is -0.214. The van der Waals surface area contributed by atoms with E-state index in [1.165, 1.54) is 10.9 Å². The number of carbonyl (C=O) groups is 2. The lowest BCUT2D eigenvalue weighted by molar-refractivity contribution is -0.118. The average molecular weight is 275 g/mol. The molecule has 0 aliphatic rings. The van der Waals surface area contributed by atoms with E-state index in [9.17, 15) is 9.59 Å². The molecule has 0 saturated heterocycles. The molecular formula is C13H13N3O4. The Balaban J connectivity index is 1.98. The van der Waals surface area contributed by atoms with E-state index < -0.39 is 11.9 Å². The summed E-state index contributed by atoms with van der Waals surface area (Å²) in [4.78, 5) is 22.7. The van der Waals surface area contributed by atoms with Gasteiger partial charge >= 0.3 is 5.97 Å². The Morgan fingerprint density at radius 3 is 2.70 bits per heavy atom. The highest BCUT2D eigenvalue weighted by Gasteiger charge is 2.17. The van der Waals surface area contributed by atoms with E-state index in [0.717, 1.165) is 0 Å². The van der Waals surface area contributed by atoms with Crippen LogP contribution in [0.1, 0.15) is 10.4 Å². The molecule has 0 atom stereocenters. The Kier molecular flexibility index (Phi) is 3.99. The molecule has 2 aromatic rings. The second-order valence-corrected chi connectivity index (χ2v) is 3.99. The normalized spacial score (nSPS) is 10.1. The topological polar surface area (TPSA) is 93.5 Å². The van der Waals surface area contributed by atoms with E-state index in [1.54, 1.807) is 31.3 Å². The Bertz CT molecular complexity index is 622. The standard InChI is InChI=1S/C13H13N3O4/c1-16-12(10(7-14-16)13(18)19)15-11(17)8-20-9-5-3-2-4-6-9/h2-7H,8H2,1H3,(H,15,17)(H,18,19). The van der Waals surface area contributed by atoms with Crippen molar-refractivity contribution < 1.29 is 19.4 Å². The number of aryl methyl sites for hydroxylation is 1. The molecule has 1 heterocycles. The largest absolute Gasteiger partial charge is 0.484 e. The highest BCUT2D eigenvalue weighted by atomic mass is 16.5. The number of carboxylic acid groups (broad SMARTS) is 1. The Hall–Kier alpha value is -2.83. The van der Waals surface area contributed by atoms with Gasteiger partial charge in [-0.1, -0.05) is 18.2 Å². The molecule has 104 valence electrons. The maximum Gasteiger partial charge on any atom is 0.341 e. The number of aromatic carboxylic acids is 1. The molecule has 0 bridgehead atoms. The Morgan fingerprint density at radius 1 is 1.35 bits per heavy atom. The van der Waals surface area contributed by atoms with Crippen LogP contribution in [0.2, 0.25) is 0 Å². The minimum Gasteiger partial charge on any atom is -0.484 e. The predicted octanol–water partition coefficient (Wildman–Crippen LogP) is 1.14. The highest BCUT2D eigenvalue weighted by Crippen LogP contribution is 2.14. The number of carbonyl (C=O) groups excluding carboxylic acids is 1. The molecule has 2 N–H and O–H groups in total. The van der Waals surface area contributed by atoms with Gasteiger partial charge in [0.15, 0.2) is 6.61 Å². The summed E-state index contributed by atoms with van der Waals surface area (Å²) in [7, 11) is 1.54. The lowest BCUT2D eigenvalue weighted by Gasteiger charge is -2.08. The van der Waals surface area contributed by atoms with Crippen LogP contribution in [0.15, 0.2) is 36.5 Å². The molecule has 0 saturated carbocycles. The van der Waals surface area contributed by atoms with Gasteiger partial charge < -0.3 is 15.2 Å². The summed E-state index contributed by atoms with van der Waals surface area (Å²) < 4.78 is 6.55. The number of nitrogens with one attached hydrogen (secondary N) is 1. The Labute approximate surface area is 114 Å². The molecule has 7 nitrogen and oxygen atoms in total.